The molecular formula is C15H26N2OS. The zero-order valence-electron chi connectivity index (χ0n) is 11.8. The number of hydrogen-bond donors (Lipinski definition) is 3. The van der Waals surface area contributed by atoms with Crippen LogP contribution in [0.3, 0.4) is 0 Å². The van der Waals surface area contributed by atoms with Gasteiger partial charge in [-0.25, -0.2) is 0 Å². The molecule has 0 amide bonds. The lowest BCUT2D eigenvalue weighted by atomic mass is 9.84. The molecule has 1 aromatic heterocycles. The fourth-order valence-electron chi connectivity index (χ4n) is 2.94. The summed E-state index contributed by atoms with van der Waals surface area (Å²) >= 11 is 1.86. The van der Waals surface area contributed by atoms with Crippen molar-refractivity contribution in [1.82, 2.24) is 5.32 Å². The third kappa shape index (κ3) is 3.78. The number of thiophene rings is 1. The van der Waals surface area contributed by atoms with Gasteiger partial charge in [0, 0.05) is 28.9 Å². The molecule has 0 bridgehead atoms. The molecule has 19 heavy (non-hydrogen) atoms. The van der Waals surface area contributed by atoms with Crippen LogP contribution in [0.25, 0.3) is 0 Å². The van der Waals surface area contributed by atoms with Crippen molar-refractivity contribution in [2.24, 2.45) is 11.7 Å². The SMILES string of the molecule is CCc1ccc(C(CN)NC2CCCCC2CO)s1. The third-order valence-electron chi connectivity index (χ3n) is 4.17. The average molecular weight is 282 g/mol. The van der Waals surface area contributed by atoms with Crippen LogP contribution in [0.5, 0.6) is 0 Å². The Balaban J connectivity index is 2.01. The number of aliphatic hydroxyl groups is 1. The molecule has 108 valence electrons. The van der Waals surface area contributed by atoms with Crippen LogP contribution < -0.4 is 11.1 Å². The summed E-state index contributed by atoms with van der Waals surface area (Å²) in [6.07, 6.45) is 5.89. The lowest BCUT2D eigenvalue weighted by molar-refractivity contribution is 0.146. The normalized spacial score (nSPS) is 25.4. The maximum Gasteiger partial charge on any atom is 0.0541 e. The molecule has 0 aliphatic heterocycles. The van der Waals surface area contributed by atoms with Crippen molar-refractivity contribution in [1.29, 1.82) is 0 Å². The standard InChI is InChI=1S/C15H26N2OS/c1-2-12-7-8-15(19-12)14(9-16)17-13-6-4-3-5-11(13)10-18/h7-8,11,13-14,17-18H,2-6,9-10,16H2,1H3. The monoisotopic (exact) mass is 282 g/mol. The van der Waals surface area contributed by atoms with Crippen molar-refractivity contribution in [3.63, 3.8) is 0 Å². The maximum atomic E-state index is 9.49. The number of nitrogens with one attached hydrogen (secondary N) is 1. The topological polar surface area (TPSA) is 58.3 Å². The molecule has 2 rings (SSSR count). The van der Waals surface area contributed by atoms with Crippen LogP contribution in [0.4, 0.5) is 0 Å². The summed E-state index contributed by atoms with van der Waals surface area (Å²) in [4.78, 5) is 2.75. The van der Waals surface area contributed by atoms with E-state index >= 15 is 0 Å². The van der Waals surface area contributed by atoms with Gasteiger partial charge in [0.05, 0.1) is 6.04 Å². The van der Waals surface area contributed by atoms with E-state index in [2.05, 4.69) is 24.4 Å². The van der Waals surface area contributed by atoms with Gasteiger partial charge in [0.2, 0.25) is 0 Å². The van der Waals surface area contributed by atoms with Crippen molar-refractivity contribution < 1.29 is 5.11 Å². The molecular weight excluding hydrogens is 256 g/mol. The number of hydrogen-bond acceptors (Lipinski definition) is 4. The van der Waals surface area contributed by atoms with Gasteiger partial charge in [-0.2, -0.15) is 0 Å². The van der Waals surface area contributed by atoms with Crippen molar-refractivity contribution in [2.75, 3.05) is 13.2 Å². The molecule has 1 aliphatic carbocycles. The van der Waals surface area contributed by atoms with E-state index in [0.29, 0.717) is 25.1 Å². The Morgan fingerprint density at radius 1 is 1.42 bits per heavy atom. The number of rotatable bonds is 6. The minimum atomic E-state index is 0.238. The van der Waals surface area contributed by atoms with Crippen molar-refractivity contribution in [2.45, 2.75) is 51.1 Å². The van der Waals surface area contributed by atoms with Gasteiger partial charge in [0.1, 0.15) is 0 Å². The summed E-state index contributed by atoms with van der Waals surface area (Å²) in [5, 5.41) is 13.2. The first kappa shape index (κ1) is 15.0. The van der Waals surface area contributed by atoms with E-state index in [1.165, 1.54) is 22.6 Å². The maximum absolute atomic E-state index is 9.49. The van der Waals surface area contributed by atoms with Crippen LogP contribution in [0.15, 0.2) is 12.1 Å². The summed E-state index contributed by atoms with van der Waals surface area (Å²) in [6.45, 7) is 3.10. The second-order valence-electron chi connectivity index (χ2n) is 5.45. The first-order valence-corrected chi connectivity index (χ1v) is 8.25. The molecule has 1 heterocycles. The molecule has 0 spiro atoms. The zero-order chi connectivity index (χ0) is 13.7. The van der Waals surface area contributed by atoms with E-state index in [4.69, 9.17) is 5.73 Å². The molecule has 4 N–H and O–H groups in total. The highest BCUT2D eigenvalue weighted by Crippen LogP contribution is 2.28. The molecule has 1 aliphatic rings. The molecule has 0 radical (unpaired) electrons. The predicted octanol–water partition coefficient (Wildman–Crippen LogP) is 2.45. The van der Waals surface area contributed by atoms with E-state index in [-0.39, 0.29) is 6.04 Å². The van der Waals surface area contributed by atoms with Crippen LogP contribution in [0.1, 0.15) is 48.4 Å². The Morgan fingerprint density at radius 3 is 2.84 bits per heavy atom. The van der Waals surface area contributed by atoms with Crippen LogP contribution >= 0.6 is 11.3 Å². The second kappa shape index (κ2) is 7.39. The molecule has 0 aromatic carbocycles. The van der Waals surface area contributed by atoms with Crippen molar-refractivity contribution >= 4 is 11.3 Å². The number of aliphatic hydroxyl groups excluding tert-OH is 1. The summed E-state index contributed by atoms with van der Waals surface area (Å²) in [5.74, 6) is 0.397. The molecule has 1 saturated carbocycles. The Kier molecular flexibility index (Phi) is 5.82. The Bertz CT molecular complexity index is 380. The highest BCUT2D eigenvalue weighted by Gasteiger charge is 2.27. The highest BCUT2D eigenvalue weighted by molar-refractivity contribution is 7.12. The van der Waals surface area contributed by atoms with Crippen LogP contribution in [-0.2, 0) is 6.42 Å². The largest absolute Gasteiger partial charge is 0.396 e. The Hall–Kier alpha value is -0.420. The zero-order valence-corrected chi connectivity index (χ0v) is 12.6. The van der Waals surface area contributed by atoms with Crippen LogP contribution in [-0.4, -0.2) is 24.3 Å². The number of nitrogens with two attached hydrogens (primary N) is 1. The van der Waals surface area contributed by atoms with E-state index in [0.717, 1.165) is 19.3 Å². The smallest absolute Gasteiger partial charge is 0.0541 e. The molecule has 0 saturated heterocycles. The average Bonchev–Trinajstić information content (AvgIpc) is 2.93. The van der Waals surface area contributed by atoms with Gasteiger partial charge >= 0.3 is 0 Å². The summed E-state index contributed by atoms with van der Waals surface area (Å²) in [5.41, 5.74) is 5.94. The van der Waals surface area contributed by atoms with E-state index in [9.17, 15) is 5.11 Å². The molecule has 3 nitrogen and oxygen atoms in total. The van der Waals surface area contributed by atoms with Gasteiger partial charge < -0.3 is 16.2 Å². The van der Waals surface area contributed by atoms with E-state index < -0.39 is 0 Å². The van der Waals surface area contributed by atoms with Gasteiger partial charge in [0.15, 0.2) is 0 Å². The molecule has 3 unspecified atom stereocenters. The summed E-state index contributed by atoms with van der Waals surface area (Å²) in [7, 11) is 0. The van der Waals surface area contributed by atoms with Gasteiger partial charge in [-0.15, -0.1) is 11.3 Å². The molecule has 1 aromatic rings. The lowest BCUT2D eigenvalue weighted by Crippen LogP contribution is -2.43. The van der Waals surface area contributed by atoms with Crippen LogP contribution in [0, 0.1) is 5.92 Å². The Morgan fingerprint density at radius 2 is 2.21 bits per heavy atom. The van der Waals surface area contributed by atoms with E-state index in [1.54, 1.807) is 0 Å². The molecule has 3 atom stereocenters. The fourth-order valence-corrected chi connectivity index (χ4v) is 3.97. The number of aryl methyl sites for hydroxylation is 1. The van der Waals surface area contributed by atoms with Crippen molar-refractivity contribution in [3.8, 4) is 0 Å². The highest BCUT2D eigenvalue weighted by atomic mass is 32.1. The first-order chi connectivity index (χ1) is 9.28. The third-order valence-corrected chi connectivity index (χ3v) is 5.51. The quantitative estimate of drug-likeness (QED) is 0.751. The van der Waals surface area contributed by atoms with Crippen molar-refractivity contribution in [3.05, 3.63) is 21.9 Å². The van der Waals surface area contributed by atoms with Gasteiger partial charge in [-0.1, -0.05) is 19.8 Å². The summed E-state index contributed by atoms with van der Waals surface area (Å²) < 4.78 is 0. The Labute approximate surface area is 120 Å². The van der Waals surface area contributed by atoms with E-state index in [1.807, 2.05) is 11.3 Å². The summed E-state index contributed by atoms with van der Waals surface area (Å²) in [6, 6.07) is 5.06. The fraction of sp³-hybridized carbons (Fsp3) is 0.733. The van der Waals surface area contributed by atoms with Gasteiger partial charge in [0.25, 0.3) is 0 Å². The predicted molar refractivity (Wildman–Crippen MR) is 81.5 cm³/mol. The minimum Gasteiger partial charge on any atom is -0.396 e. The lowest BCUT2D eigenvalue weighted by Gasteiger charge is -2.33. The molecule has 1 fully saturated rings. The van der Waals surface area contributed by atoms with Crippen LogP contribution in [0.2, 0.25) is 0 Å². The van der Waals surface area contributed by atoms with Gasteiger partial charge in [-0.05, 0) is 37.3 Å². The minimum absolute atomic E-state index is 0.238. The second-order valence-corrected chi connectivity index (χ2v) is 6.65. The molecule has 4 heteroatoms. The van der Waals surface area contributed by atoms with Gasteiger partial charge in [-0.3, -0.25) is 0 Å². The first-order valence-electron chi connectivity index (χ1n) is 7.44.